The van der Waals surface area contributed by atoms with Crippen LogP contribution in [0.3, 0.4) is 0 Å². The van der Waals surface area contributed by atoms with Crippen molar-refractivity contribution in [3.05, 3.63) is 30.0 Å². The van der Waals surface area contributed by atoms with Crippen molar-refractivity contribution in [2.45, 2.75) is 39.2 Å². The van der Waals surface area contributed by atoms with E-state index in [4.69, 9.17) is 10.5 Å². The van der Waals surface area contributed by atoms with Gasteiger partial charge in [0.1, 0.15) is 5.75 Å². The van der Waals surface area contributed by atoms with Crippen LogP contribution in [0.25, 0.3) is 10.9 Å². The highest BCUT2D eigenvalue weighted by atomic mass is 16.5. The van der Waals surface area contributed by atoms with Gasteiger partial charge in [0.15, 0.2) is 0 Å². The van der Waals surface area contributed by atoms with Gasteiger partial charge >= 0.3 is 0 Å². The number of methoxy groups -OCH3 is 1. The molecule has 1 amide bonds. The second-order valence-corrected chi connectivity index (χ2v) is 5.88. The van der Waals surface area contributed by atoms with E-state index in [0.717, 1.165) is 28.6 Å². The molecule has 1 heterocycles. The average molecular weight is 331 g/mol. The molecule has 24 heavy (non-hydrogen) atoms. The van der Waals surface area contributed by atoms with E-state index in [1.165, 1.54) is 0 Å². The van der Waals surface area contributed by atoms with Gasteiger partial charge in [-0.1, -0.05) is 6.92 Å². The maximum Gasteiger partial charge on any atom is 0.247 e. The fourth-order valence-electron chi connectivity index (χ4n) is 2.66. The zero-order chi connectivity index (χ0) is 17.7. The number of carbonyl (C=O) groups is 2. The Bertz CT molecular complexity index is 734. The Morgan fingerprint density at radius 2 is 2.12 bits per heavy atom. The Morgan fingerprint density at radius 1 is 1.38 bits per heavy atom. The van der Waals surface area contributed by atoms with Crippen LogP contribution in [0.2, 0.25) is 0 Å². The number of hydrogen-bond acceptors (Lipinski definition) is 4. The minimum Gasteiger partial charge on any atom is -0.497 e. The monoisotopic (exact) mass is 331 g/mol. The molecule has 130 valence electrons. The lowest BCUT2D eigenvalue weighted by Gasteiger charge is -2.07. The lowest BCUT2D eigenvalue weighted by Crippen LogP contribution is -2.31. The first-order valence-electron chi connectivity index (χ1n) is 8.22. The van der Waals surface area contributed by atoms with Gasteiger partial charge in [0.05, 0.1) is 18.7 Å². The van der Waals surface area contributed by atoms with Crippen LogP contribution in [0, 0.1) is 0 Å². The minimum absolute atomic E-state index is 0.0467. The molecule has 2 rings (SSSR count). The van der Waals surface area contributed by atoms with Crippen LogP contribution in [0.15, 0.2) is 24.4 Å². The molecule has 1 aromatic carbocycles. The topological polar surface area (TPSA) is 86.4 Å². The highest BCUT2D eigenvalue weighted by Crippen LogP contribution is 2.26. The third-order valence-electron chi connectivity index (χ3n) is 3.91. The van der Waals surface area contributed by atoms with Gasteiger partial charge in [-0.05, 0) is 43.5 Å². The van der Waals surface area contributed by atoms with Crippen molar-refractivity contribution in [2.24, 2.45) is 5.73 Å². The molecular formula is C18H25N3O3. The largest absolute Gasteiger partial charge is 0.497 e. The molecule has 0 saturated carbocycles. The van der Waals surface area contributed by atoms with Crippen molar-refractivity contribution < 1.29 is 14.3 Å². The van der Waals surface area contributed by atoms with Crippen molar-refractivity contribution in [2.75, 3.05) is 13.7 Å². The van der Waals surface area contributed by atoms with E-state index in [1.54, 1.807) is 18.6 Å². The number of benzene rings is 1. The molecule has 0 fully saturated rings. The first kappa shape index (κ1) is 18.0. The average Bonchev–Trinajstić information content (AvgIpc) is 2.92. The fraction of sp³-hybridized carbons (Fsp3) is 0.444. The number of nitrogens with zero attached hydrogens (tertiary/aromatic N) is 1. The van der Waals surface area contributed by atoms with Gasteiger partial charge in [-0.2, -0.15) is 0 Å². The number of hydrogen-bond donors (Lipinski definition) is 2. The van der Waals surface area contributed by atoms with E-state index in [1.807, 2.05) is 31.3 Å². The van der Waals surface area contributed by atoms with Crippen molar-refractivity contribution in [1.29, 1.82) is 0 Å². The zero-order valence-electron chi connectivity index (χ0n) is 14.5. The summed E-state index contributed by atoms with van der Waals surface area (Å²) in [4.78, 5) is 23.9. The Labute approximate surface area is 142 Å². The van der Waals surface area contributed by atoms with Crippen LogP contribution >= 0.6 is 0 Å². The van der Waals surface area contributed by atoms with Crippen LogP contribution in [-0.2, 0) is 11.2 Å². The number of nitrogens with one attached hydrogen (secondary N) is 1. The number of amides is 1. The summed E-state index contributed by atoms with van der Waals surface area (Å²) in [6, 6.07) is 5.00. The van der Waals surface area contributed by atoms with Crippen LogP contribution in [0.4, 0.5) is 0 Å². The summed E-state index contributed by atoms with van der Waals surface area (Å²) >= 11 is 0. The Kier molecular flexibility index (Phi) is 5.98. The zero-order valence-corrected chi connectivity index (χ0v) is 14.5. The minimum atomic E-state index is -0.584. The van der Waals surface area contributed by atoms with Gasteiger partial charge in [-0.15, -0.1) is 0 Å². The molecule has 0 radical (unpaired) electrons. The van der Waals surface area contributed by atoms with Gasteiger partial charge in [0, 0.05) is 24.5 Å². The summed E-state index contributed by atoms with van der Waals surface area (Å²) in [5.41, 5.74) is 7.53. The molecule has 0 spiro atoms. The molecule has 3 N–H and O–H groups in total. The Hall–Kier alpha value is -2.34. The Balaban J connectivity index is 2.30. The second-order valence-electron chi connectivity index (χ2n) is 5.88. The second kappa shape index (κ2) is 7.97. The summed E-state index contributed by atoms with van der Waals surface area (Å²) in [6.45, 7) is 4.17. The van der Waals surface area contributed by atoms with Crippen molar-refractivity contribution in [3.8, 4) is 5.75 Å². The standard InChI is InChI=1S/C18H25N3O3/c1-4-5-17(22)20-9-8-13-11-21(18(23)12(2)19)16-7-6-14(24-3)10-15(13)16/h6-7,10-12H,4-5,8-9,19H2,1-3H3,(H,20,22)/t12-/m0/s1. The molecule has 6 heteroatoms. The first-order valence-corrected chi connectivity index (χ1v) is 8.22. The molecular weight excluding hydrogens is 306 g/mol. The van der Waals surface area contributed by atoms with E-state index in [9.17, 15) is 9.59 Å². The molecule has 2 aromatic rings. The van der Waals surface area contributed by atoms with E-state index in [-0.39, 0.29) is 11.8 Å². The quantitative estimate of drug-likeness (QED) is 0.813. The Morgan fingerprint density at radius 3 is 2.75 bits per heavy atom. The smallest absolute Gasteiger partial charge is 0.247 e. The predicted octanol–water partition coefficient (Wildman–Crippen LogP) is 2.10. The fourth-order valence-corrected chi connectivity index (χ4v) is 2.66. The molecule has 0 aliphatic carbocycles. The molecule has 0 saturated heterocycles. The summed E-state index contributed by atoms with van der Waals surface area (Å²) in [5, 5.41) is 3.84. The third-order valence-corrected chi connectivity index (χ3v) is 3.91. The molecule has 1 atom stereocenters. The van der Waals surface area contributed by atoms with Gasteiger partial charge in [0.25, 0.3) is 0 Å². The summed E-state index contributed by atoms with van der Waals surface area (Å²) in [6.07, 6.45) is 3.80. The number of fused-ring (bicyclic) bond motifs is 1. The van der Waals surface area contributed by atoms with Gasteiger partial charge in [0.2, 0.25) is 11.8 Å². The normalized spacial score (nSPS) is 12.2. The van der Waals surface area contributed by atoms with E-state index in [0.29, 0.717) is 19.4 Å². The van der Waals surface area contributed by atoms with Crippen LogP contribution in [-0.4, -0.2) is 36.1 Å². The number of nitrogens with two attached hydrogens (primary N) is 1. The number of aromatic nitrogens is 1. The van der Waals surface area contributed by atoms with Crippen molar-refractivity contribution in [3.63, 3.8) is 0 Å². The van der Waals surface area contributed by atoms with Gasteiger partial charge in [-0.25, -0.2) is 0 Å². The van der Waals surface area contributed by atoms with Crippen molar-refractivity contribution >= 4 is 22.7 Å². The third kappa shape index (κ3) is 3.94. The molecule has 0 aliphatic rings. The summed E-state index contributed by atoms with van der Waals surface area (Å²) < 4.78 is 6.87. The van der Waals surface area contributed by atoms with E-state index < -0.39 is 6.04 Å². The summed E-state index contributed by atoms with van der Waals surface area (Å²) in [5.74, 6) is 0.613. The molecule has 6 nitrogen and oxygen atoms in total. The van der Waals surface area contributed by atoms with Crippen LogP contribution in [0.5, 0.6) is 5.75 Å². The number of rotatable bonds is 7. The lowest BCUT2D eigenvalue weighted by atomic mass is 10.1. The SMILES string of the molecule is CCCC(=O)NCCc1cn(C(=O)[C@H](C)N)c2ccc(OC)cc12. The number of carbonyl (C=O) groups excluding carboxylic acids is 2. The maximum absolute atomic E-state index is 12.3. The molecule has 1 aromatic heterocycles. The van der Waals surface area contributed by atoms with Crippen LogP contribution in [0.1, 0.15) is 37.0 Å². The van der Waals surface area contributed by atoms with Crippen LogP contribution < -0.4 is 15.8 Å². The number of ether oxygens (including phenoxy) is 1. The van der Waals surface area contributed by atoms with E-state index in [2.05, 4.69) is 5.32 Å². The van der Waals surface area contributed by atoms with Gasteiger partial charge in [-0.3, -0.25) is 14.2 Å². The predicted molar refractivity (Wildman–Crippen MR) is 94.4 cm³/mol. The first-order chi connectivity index (χ1) is 11.5. The highest BCUT2D eigenvalue weighted by Gasteiger charge is 2.17. The molecule has 0 unspecified atom stereocenters. The molecule has 0 aliphatic heterocycles. The summed E-state index contributed by atoms with van der Waals surface area (Å²) in [7, 11) is 1.61. The van der Waals surface area contributed by atoms with Gasteiger partial charge < -0.3 is 15.8 Å². The maximum atomic E-state index is 12.3. The molecule has 0 bridgehead atoms. The lowest BCUT2D eigenvalue weighted by molar-refractivity contribution is -0.121. The van der Waals surface area contributed by atoms with E-state index >= 15 is 0 Å². The van der Waals surface area contributed by atoms with Crippen molar-refractivity contribution in [1.82, 2.24) is 9.88 Å². The highest BCUT2D eigenvalue weighted by molar-refractivity contribution is 5.97.